The molecule has 2 aromatic rings. The minimum absolute atomic E-state index is 0.177. The fourth-order valence-electron chi connectivity index (χ4n) is 1.52. The molecule has 0 saturated carbocycles. The first kappa shape index (κ1) is 13.5. The highest BCUT2D eigenvalue weighted by Crippen LogP contribution is 2.30. The van der Waals surface area contributed by atoms with Crippen molar-refractivity contribution < 1.29 is 14.3 Å². The number of aromatic nitrogens is 4. The van der Waals surface area contributed by atoms with Gasteiger partial charge in [0.25, 0.3) is 5.19 Å². The summed E-state index contributed by atoms with van der Waals surface area (Å²) in [5, 5.41) is 12.3. The summed E-state index contributed by atoms with van der Waals surface area (Å²) < 4.78 is 12.2. The summed E-state index contributed by atoms with van der Waals surface area (Å²) in [6.45, 7) is 5.77. The highest BCUT2D eigenvalue weighted by atomic mass is 32.1. The number of rotatable bonds is 4. The molecule has 0 N–H and O–H groups in total. The van der Waals surface area contributed by atoms with E-state index in [0.717, 1.165) is 22.7 Å². The van der Waals surface area contributed by atoms with E-state index in [2.05, 4.69) is 15.3 Å². The Morgan fingerprint density at radius 1 is 1.37 bits per heavy atom. The maximum atomic E-state index is 11.5. The number of esters is 1. The lowest BCUT2D eigenvalue weighted by Crippen LogP contribution is -2.03. The lowest BCUT2D eigenvalue weighted by molar-refractivity contribution is 0.0525. The third-order valence-electron chi connectivity index (χ3n) is 2.49. The van der Waals surface area contributed by atoms with Crippen molar-refractivity contribution in [1.82, 2.24) is 20.0 Å². The zero-order valence-corrected chi connectivity index (χ0v) is 11.9. The molecule has 8 heteroatoms. The number of aryl methyl sites for hydroxylation is 2. The monoisotopic (exact) mass is 282 g/mol. The Hall–Kier alpha value is -1.96. The van der Waals surface area contributed by atoms with Crippen LogP contribution in [0.25, 0.3) is 0 Å². The van der Waals surface area contributed by atoms with Crippen molar-refractivity contribution in [1.29, 1.82) is 0 Å². The average molecular weight is 282 g/mol. The molecule has 0 aliphatic rings. The molecule has 0 unspecified atom stereocenters. The van der Waals surface area contributed by atoms with E-state index in [1.54, 1.807) is 11.6 Å². The van der Waals surface area contributed by atoms with Gasteiger partial charge in [0, 0.05) is 7.05 Å². The molecular weight excluding hydrogens is 268 g/mol. The topological polar surface area (TPSA) is 79.1 Å². The first-order chi connectivity index (χ1) is 9.02. The molecule has 102 valence electrons. The van der Waals surface area contributed by atoms with Crippen LogP contribution in [0.5, 0.6) is 10.9 Å². The van der Waals surface area contributed by atoms with Gasteiger partial charge in [-0.3, -0.25) is 4.68 Å². The van der Waals surface area contributed by atoms with E-state index in [4.69, 9.17) is 9.47 Å². The molecule has 0 radical (unpaired) electrons. The van der Waals surface area contributed by atoms with Crippen molar-refractivity contribution in [2.45, 2.75) is 20.8 Å². The van der Waals surface area contributed by atoms with Gasteiger partial charge in [0.05, 0.1) is 12.3 Å². The summed E-state index contributed by atoms with van der Waals surface area (Å²) in [5.74, 6) is 0.142. The van der Waals surface area contributed by atoms with Gasteiger partial charge >= 0.3 is 5.97 Å². The van der Waals surface area contributed by atoms with Crippen molar-refractivity contribution in [2.75, 3.05) is 6.61 Å². The van der Waals surface area contributed by atoms with E-state index >= 15 is 0 Å². The molecule has 0 aliphatic carbocycles. The molecule has 0 saturated heterocycles. The Morgan fingerprint density at radius 3 is 2.68 bits per heavy atom. The first-order valence-corrected chi connectivity index (χ1v) is 6.53. The van der Waals surface area contributed by atoms with Gasteiger partial charge in [0.1, 0.15) is 5.69 Å². The standard InChI is InChI=1S/C11H14N4O3S/c1-5-17-10(16)9-12-13-11(19-9)18-8-6(2)14-15(4)7(8)3/h5H2,1-4H3. The van der Waals surface area contributed by atoms with Gasteiger partial charge in [-0.15, -0.1) is 5.10 Å². The third-order valence-corrected chi connectivity index (χ3v) is 3.27. The fourth-order valence-corrected chi connectivity index (χ4v) is 2.11. The number of hydrogen-bond acceptors (Lipinski definition) is 7. The van der Waals surface area contributed by atoms with E-state index in [-0.39, 0.29) is 5.01 Å². The lowest BCUT2D eigenvalue weighted by Gasteiger charge is -2.00. The van der Waals surface area contributed by atoms with E-state index in [1.807, 2.05) is 20.9 Å². The average Bonchev–Trinajstić information content (AvgIpc) is 2.91. The molecular formula is C11H14N4O3S. The Morgan fingerprint density at radius 2 is 2.11 bits per heavy atom. The third kappa shape index (κ3) is 2.73. The normalized spacial score (nSPS) is 10.5. The zero-order chi connectivity index (χ0) is 14.0. The molecule has 0 bridgehead atoms. The van der Waals surface area contributed by atoms with Gasteiger partial charge in [-0.25, -0.2) is 4.79 Å². The Kier molecular flexibility index (Phi) is 3.79. The summed E-state index contributed by atoms with van der Waals surface area (Å²) in [6.07, 6.45) is 0. The van der Waals surface area contributed by atoms with Crippen molar-refractivity contribution in [3.8, 4) is 10.9 Å². The van der Waals surface area contributed by atoms with Crippen LogP contribution in [0.1, 0.15) is 28.1 Å². The van der Waals surface area contributed by atoms with Gasteiger partial charge in [-0.05, 0) is 32.1 Å². The molecule has 2 rings (SSSR count). The maximum absolute atomic E-state index is 11.5. The van der Waals surface area contributed by atoms with E-state index in [9.17, 15) is 4.79 Å². The maximum Gasteiger partial charge on any atom is 0.369 e. The number of carbonyl (C=O) groups excluding carboxylic acids is 1. The van der Waals surface area contributed by atoms with Gasteiger partial charge < -0.3 is 9.47 Å². The molecule has 0 fully saturated rings. The van der Waals surface area contributed by atoms with Gasteiger partial charge in [-0.2, -0.15) is 5.10 Å². The minimum atomic E-state index is -0.491. The summed E-state index contributed by atoms with van der Waals surface area (Å²) in [6, 6.07) is 0. The predicted molar refractivity (Wildman–Crippen MR) is 68.6 cm³/mol. The van der Waals surface area contributed by atoms with Crippen LogP contribution >= 0.6 is 11.3 Å². The van der Waals surface area contributed by atoms with Crippen molar-refractivity contribution in [3.05, 3.63) is 16.4 Å². The van der Waals surface area contributed by atoms with Crippen LogP contribution in [0.2, 0.25) is 0 Å². The van der Waals surface area contributed by atoms with Crippen molar-refractivity contribution in [3.63, 3.8) is 0 Å². The van der Waals surface area contributed by atoms with Gasteiger partial charge in [0.15, 0.2) is 5.75 Å². The summed E-state index contributed by atoms with van der Waals surface area (Å²) in [7, 11) is 1.83. The van der Waals surface area contributed by atoms with Crippen LogP contribution in [0.4, 0.5) is 0 Å². The van der Waals surface area contributed by atoms with E-state index < -0.39 is 5.97 Å². The second kappa shape index (κ2) is 5.35. The zero-order valence-electron chi connectivity index (χ0n) is 11.1. The molecule has 0 aromatic carbocycles. The Labute approximate surface area is 114 Å². The minimum Gasteiger partial charge on any atom is -0.461 e. The van der Waals surface area contributed by atoms with Crippen molar-refractivity contribution >= 4 is 17.3 Å². The quantitative estimate of drug-likeness (QED) is 0.796. The highest BCUT2D eigenvalue weighted by molar-refractivity contribution is 7.14. The van der Waals surface area contributed by atoms with Crippen LogP contribution in [0.3, 0.4) is 0 Å². The second-order valence-corrected chi connectivity index (χ2v) is 4.76. The molecule has 0 spiro atoms. The molecule has 0 amide bonds. The predicted octanol–water partition coefficient (Wildman–Crippen LogP) is 1.86. The van der Waals surface area contributed by atoms with Gasteiger partial charge in [-0.1, -0.05) is 5.10 Å². The molecule has 0 aliphatic heterocycles. The first-order valence-electron chi connectivity index (χ1n) is 5.71. The lowest BCUT2D eigenvalue weighted by atomic mass is 10.3. The molecule has 0 atom stereocenters. The number of hydrogen-bond donors (Lipinski definition) is 0. The summed E-state index contributed by atoms with van der Waals surface area (Å²) in [4.78, 5) is 11.5. The van der Waals surface area contributed by atoms with Crippen LogP contribution in [-0.4, -0.2) is 32.6 Å². The fraction of sp³-hybridized carbons (Fsp3) is 0.455. The van der Waals surface area contributed by atoms with Crippen LogP contribution in [0.15, 0.2) is 0 Å². The highest BCUT2D eigenvalue weighted by Gasteiger charge is 2.18. The van der Waals surface area contributed by atoms with Crippen molar-refractivity contribution in [2.24, 2.45) is 7.05 Å². The summed E-state index contributed by atoms with van der Waals surface area (Å²) in [5.41, 5.74) is 1.64. The van der Waals surface area contributed by atoms with Crippen LogP contribution < -0.4 is 4.74 Å². The smallest absolute Gasteiger partial charge is 0.369 e. The van der Waals surface area contributed by atoms with E-state index in [1.165, 1.54) is 0 Å². The molecule has 7 nitrogen and oxygen atoms in total. The Balaban J connectivity index is 2.18. The summed E-state index contributed by atoms with van der Waals surface area (Å²) >= 11 is 1.05. The number of ether oxygens (including phenoxy) is 2. The number of carbonyl (C=O) groups is 1. The molecule has 2 aromatic heterocycles. The second-order valence-electron chi connectivity index (χ2n) is 3.82. The largest absolute Gasteiger partial charge is 0.461 e. The van der Waals surface area contributed by atoms with E-state index in [0.29, 0.717) is 17.6 Å². The SMILES string of the molecule is CCOC(=O)c1nnc(Oc2c(C)nn(C)c2C)s1. The van der Waals surface area contributed by atoms with Crippen LogP contribution in [-0.2, 0) is 11.8 Å². The number of nitrogens with zero attached hydrogens (tertiary/aromatic N) is 4. The molecule has 19 heavy (non-hydrogen) atoms. The van der Waals surface area contributed by atoms with Gasteiger partial charge in [0.2, 0.25) is 5.01 Å². The van der Waals surface area contributed by atoms with Crippen LogP contribution in [0, 0.1) is 13.8 Å². The Bertz CT molecular complexity index is 605. The molecule has 2 heterocycles.